The quantitative estimate of drug-likeness (QED) is 0.871. The van der Waals surface area contributed by atoms with Gasteiger partial charge in [0.2, 0.25) is 5.91 Å². The van der Waals surface area contributed by atoms with Crippen molar-refractivity contribution in [2.45, 2.75) is 46.0 Å². The number of hydrogen-bond acceptors (Lipinski definition) is 3. The molecule has 1 fully saturated rings. The van der Waals surface area contributed by atoms with Crippen molar-refractivity contribution in [1.82, 2.24) is 10.3 Å². The minimum absolute atomic E-state index is 0.205. The van der Waals surface area contributed by atoms with E-state index >= 15 is 0 Å². The molecule has 1 aromatic rings. The summed E-state index contributed by atoms with van der Waals surface area (Å²) in [5.74, 6) is 2.03. The van der Waals surface area contributed by atoms with Gasteiger partial charge in [0.25, 0.3) is 0 Å². The number of aromatic nitrogens is 1. The summed E-state index contributed by atoms with van der Waals surface area (Å²) in [4.78, 5) is 16.0. The molecule has 1 amide bonds. The van der Waals surface area contributed by atoms with Crippen LogP contribution in [0.5, 0.6) is 0 Å². The van der Waals surface area contributed by atoms with Crippen LogP contribution in [0.3, 0.4) is 0 Å². The lowest BCUT2D eigenvalue weighted by molar-refractivity contribution is -0.124. The van der Waals surface area contributed by atoms with Gasteiger partial charge in [-0.25, -0.2) is 4.98 Å². The van der Waals surface area contributed by atoms with Gasteiger partial charge in [-0.05, 0) is 19.8 Å². The summed E-state index contributed by atoms with van der Waals surface area (Å²) in [6.07, 6.45) is 5.21. The molecule has 1 saturated carbocycles. The van der Waals surface area contributed by atoms with Gasteiger partial charge in [-0.2, -0.15) is 0 Å². The average molecular weight is 236 g/mol. The first-order valence-electron chi connectivity index (χ1n) is 6.37. The van der Waals surface area contributed by atoms with Crippen LogP contribution in [0.15, 0.2) is 4.42 Å². The molecule has 0 saturated heterocycles. The van der Waals surface area contributed by atoms with Crippen LogP contribution in [0.1, 0.15) is 43.0 Å². The molecule has 4 nitrogen and oxygen atoms in total. The van der Waals surface area contributed by atoms with E-state index in [-0.39, 0.29) is 11.8 Å². The molecule has 0 spiro atoms. The highest BCUT2D eigenvalue weighted by Crippen LogP contribution is 2.24. The van der Waals surface area contributed by atoms with Crippen molar-refractivity contribution in [2.24, 2.45) is 5.92 Å². The molecule has 0 aromatic carbocycles. The van der Waals surface area contributed by atoms with Crippen LogP contribution in [0, 0.1) is 19.8 Å². The van der Waals surface area contributed by atoms with Gasteiger partial charge < -0.3 is 9.73 Å². The van der Waals surface area contributed by atoms with Gasteiger partial charge in [0.05, 0.1) is 5.69 Å². The number of rotatable bonds is 4. The van der Waals surface area contributed by atoms with E-state index in [1.807, 2.05) is 13.8 Å². The second-order valence-electron chi connectivity index (χ2n) is 4.76. The van der Waals surface area contributed by atoms with Crippen molar-refractivity contribution in [3.05, 3.63) is 17.3 Å². The van der Waals surface area contributed by atoms with Crippen molar-refractivity contribution in [3.63, 3.8) is 0 Å². The highest BCUT2D eigenvalue weighted by atomic mass is 16.4. The fourth-order valence-electron chi connectivity index (χ4n) is 2.44. The Kier molecular flexibility index (Phi) is 3.82. The van der Waals surface area contributed by atoms with E-state index in [0.29, 0.717) is 12.4 Å². The third-order valence-corrected chi connectivity index (χ3v) is 3.38. The third kappa shape index (κ3) is 3.08. The summed E-state index contributed by atoms with van der Waals surface area (Å²) in [6, 6.07) is 0. The van der Waals surface area contributed by atoms with E-state index in [9.17, 15) is 4.79 Å². The highest BCUT2D eigenvalue weighted by Gasteiger charge is 2.22. The van der Waals surface area contributed by atoms with Crippen LogP contribution in [0.4, 0.5) is 0 Å². The topological polar surface area (TPSA) is 55.1 Å². The molecule has 17 heavy (non-hydrogen) atoms. The first-order chi connectivity index (χ1) is 8.16. The molecular weight excluding hydrogens is 216 g/mol. The maximum Gasteiger partial charge on any atom is 0.223 e. The lowest BCUT2D eigenvalue weighted by Gasteiger charge is -2.09. The highest BCUT2D eigenvalue weighted by molar-refractivity contribution is 5.78. The predicted octanol–water partition coefficient (Wildman–Crippen LogP) is 2.14. The Labute approximate surface area is 102 Å². The summed E-state index contributed by atoms with van der Waals surface area (Å²) >= 11 is 0. The van der Waals surface area contributed by atoms with E-state index in [4.69, 9.17) is 4.42 Å². The lowest BCUT2D eigenvalue weighted by atomic mass is 10.1. The molecule has 1 aliphatic rings. The molecule has 94 valence electrons. The minimum Gasteiger partial charge on any atom is -0.446 e. The Morgan fingerprint density at radius 3 is 2.71 bits per heavy atom. The standard InChI is InChI=1S/C13H20N2O2/c1-9-12(17-10(2)15-9)7-8-14-13(16)11-5-3-4-6-11/h11H,3-8H2,1-2H3,(H,14,16). The Hall–Kier alpha value is -1.32. The summed E-state index contributed by atoms with van der Waals surface area (Å²) < 4.78 is 5.46. The molecule has 1 heterocycles. The van der Waals surface area contributed by atoms with Crippen LogP contribution >= 0.6 is 0 Å². The number of nitrogens with zero attached hydrogens (tertiary/aromatic N) is 1. The first-order valence-corrected chi connectivity index (χ1v) is 6.37. The molecular formula is C13H20N2O2. The monoisotopic (exact) mass is 236 g/mol. The zero-order valence-corrected chi connectivity index (χ0v) is 10.6. The maximum absolute atomic E-state index is 11.8. The van der Waals surface area contributed by atoms with Crippen molar-refractivity contribution in [2.75, 3.05) is 6.54 Å². The van der Waals surface area contributed by atoms with Gasteiger partial charge in [0.1, 0.15) is 5.76 Å². The Morgan fingerprint density at radius 2 is 2.12 bits per heavy atom. The molecule has 0 radical (unpaired) electrons. The van der Waals surface area contributed by atoms with E-state index in [2.05, 4.69) is 10.3 Å². The number of hydrogen-bond donors (Lipinski definition) is 1. The third-order valence-electron chi connectivity index (χ3n) is 3.38. The number of nitrogens with one attached hydrogen (secondary N) is 1. The van der Waals surface area contributed by atoms with Crippen molar-refractivity contribution >= 4 is 5.91 Å². The molecule has 4 heteroatoms. The van der Waals surface area contributed by atoms with E-state index in [1.165, 1.54) is 12.8 Å². The average Bonchev–Trinajstić information content (AvgIpc) is 2.89. The molecule has 1 aliphatic carbocycles. The normalized spacial score (nSPS) is 16.4. The molecule has 1 aromatic heterocycles. The fraction of sp³-hybridized carbons (Fsp3) is 0.692. The van der Waals surface area contributed by atoms with Crippen molar-refractivity contribution < 1.29 is 9.21 Å². The van der Waals surface area contributed by atoms with Crippen LogP contribution in [-0.2, 0) is 11.2 Å². The number of oxazole rings is 1. The lowest BCUT2D eigenvalue weighted by Crippen LogP contribution is -2.30. The van der Waals surface area contributed by atoms with Gasteiger partial charge in [0.15, 0.2) is 5.89 Å². The zero-order valence-electron chi connectivity index (χ0n) is 10.6. The molecule has 0 atom stereocenters. The summed E-state index contributed by atoms with van der Waals surface area (Å²) in [5.41, 5.74) is 0.928. The molecule has 0 aliphatic heterocycles. The number of carbonyl (C=O) groups is 1. The Balaban J connectivity index is 1.75. The molecule has 2 rings (SSSR count). The SMILES string of the molecule is Cc1nc(C)c(CCNC(=O)C2CCCC2)o1. The minimum atomic E-state index is 0.205. The van der Waals surface area contributed by atoms with Gasteiger partial charge in [0, 0.05) is 25.8 Å². The summed E-state index contributed by atoms with van der Waals surface area (Å²) in [7, 11) is 0. The van der Waals surface area contributed by atoms with E-state index < -0.39 is 0 Å². The number of amides is 1. The van der Waals surface area contributed by atoms with Crippen molar-refractivity contribution in [3.8, 4) is 0 Å². The fourth-order valence-corrected chi connectivity index (χ4v) is 2.44. The Bertz CT molecular complexity index is 392. The second kappa shape index (κ2) is 5.34. The van der Waals surface area contributed by atoms with E-state index in [0.717, 1.165) is 30.7 Å². The van der Waals surface area contributed by atoms with Gasteiger partial charge in [-0.15, -0.1) is 0 Å². The molecule has 0 bridgehead atoms. The largest absolute Gasteiger partial charge is 0.446 e. The maximum atomic E-state index is 11.8. The predicted molar refractivity (Wildman–Crippen MR) is 64.6 cm³/mol. The second-order valence-corrected chi connectivity index (χ2v) is 4.76. The number of carbonyl (C=O) groups excluding carboxylic acids is 1. The number of aryl methyl sites for hydroxylation is 2. The van der Waals surface area contributed by atoms with Crippen LogP contribution in [0.2, 0.25) is 0 Å². The molecule has 1 N–H and O–H groups in total. The van der Waals surface area contributed by atoms with Crippen LogP contribution < -0.4 is 5.32 Å². The summed E-state index contributed by atoms with van der Waals surface area (Å²) in [5, 5.41) is 2.98. The van der Waals surface area contributed by atoms with Crippen molar-refractivity contribution in [1.29, 1.82) is 0 Å². The van der Waals surface area contributed by atoms with Crippen LogP contribution in [0.25, 0.3) is 0 Å². The van der Waals surface area contributed by atoms with Gasteiger partial charge >= 0.3 is 0 Å². The zero-order chi connectivity index (χ0) is 12.3. The first kappa shape index (κ1) is 12.1. The van der Waals surface area contributed by atoms with E-state index in [1.54, 1.807) is 0 Å². The van der Waals surface area contributed by atoms with Gasteiger partial charge in [-0.1, -0.05) is 12.8 Å². The molecule has 0 unspecified atom stereocenters. The summed E-state index contributed by atoms with van der Waals surface area (Å²) in [6.45, 7) is 4.42. The van der Waals surface area contributed by atoms with Gasteiger partial charge in [-0.3, -0.25) is 4.79 Å². The smallest absolute Gasteiger partial charge is 0.223 e. The Morgan fingerprint density at radius 1 is 1.41 bits per heavy atom. The van der Waals surface area contributed by atoms with Crippen LogP contribution in [-0.4, -0.2) is 17.4 Å².